The number of fused-ring (bicyclic) bond motifs is 1. The summed E-state index contributed by atoms with van der Waals surface area (Å²) < 4.78 is 1.16. The molecule has 0 radical (unpaired) electrons. The van der Waals surface area contributed by atoms with Crippen molar-refractivity contribution in [3.05, 3.63) is 29.3 Å². The molecule has 3 nitrogen and oxygen atoms in total. The average Bonchev–Trinajstić information content (AvgIpc) is 2.73. The first-order chi connectivity index (χ1) is 7.84. The van der Waals surface area contributed by atoms with Gasteiger partial charge in [-0.3, -0.25) is 4.79 Å². The van der Waals surface area contributed by atoms with Crippen molar-refractivity contribution in [1.82, 2.24) is 10.3 Å². The van der Waals surface area contributed by atoms with Gasteiger partial charge in [-0.25, -0.2) is 4.98 Å². The van der Waals surface area contributed by atoms with Gasteiger partial charge < -0.3 is 5.32 Å². The lowest BCUT2D eigenvalue weighted by Gasteiger charge is -2.19. The number of thiazole rings is 1. The first kappa shape index (κ1) is 9.78. The molecule has 2 heterocycles. The molecule has 1 aromatic carbocycles. The van der Waals surface area contributed by atoms with E-state index in [1.54, 1.807) is 11.3 Å². The second kappa shape index (κ2) is 3.87. The first-order valence-electron chi connectivity index (χ1n) is 5.48. The highest BCUT2D eigenvalue weighted by molar-refractivity contribution is 7.18. The maximum absolute atomic E-state index is 11.7. The Balaban J connectivity index is 2.01. The molecular formula is C12H12N2OS. The normalized spacial score (nSPS) is 21.0. The summed E-state index contributed by atoms with van der Waals surface area (Å²) in [4.78, 5) is 16.3. The molecule has 1 atom stereocenters. The van der Waals surface area contributed by atoms with E-state index in [4.69, 9.17) is 0 Å². The predicted octanol–water partition coefficient (Wildman–Crippen LogP) is 2.29. The lowest BCUT2D eigenvalue weighted by molar-refractivity contribution is -0.123. The summed E-state index contributed by atoms with van der Waals surface area (Å²) in [5.74, 6) is 0.0939. The van der Waals surface area contributed by atoms with Crippen LogP contribution in [-0.4, -0.2) is 17.4 Å². The highest BCUT2D eigenvalue weighted by atomic mass is 32.1. The van der Waals surface area contributed by atoms with Crippen LogP contribution < -0.4 is 5.32 Å². The Labute approximate surface area is 97.5 Å². The number of hydrogen-bond acceptors (Lipinski definition) is 3. The predicted molar refractivity (Wildman–Crippen MR) is 64.6 cm³/mol. The number of carbonyl (C=O) groups excluding carboxylic acids is 1. The van der Waals surface area contributed by atoms with Gasteiger partial charge in [-0.15, -0.1) is 11.3 Å². The number of hydrogen-bond donors (Lipinski definition) is 1. The molecule has 0 bridgehead atoms. The second-order valence-corrected chi connectivity index (χ2v) is 5.07. The van der Waals surface area contributed by atoms with Gasteiger partial charge in [0.15, 0.2) is 0 Å². The smallest absolute Gasteiger partial charge is 0.230 e. The van der Waals surface area contributed by atoms with E-state index in [0.717, 1.165) is 34.6 Å². The van der Waals surface area contributed by atoms with E-state index in [-0.39, 0.29) is 11.8 Å². The Morgan fingerprint density at radius 1 is 1.38 bits per heavy atom. The van der Waals surface area contributed by atoms with Crippen LogP contribution in [0.1, 0.15) is 23.8 Å². The summed E-state index contributed by atoms with van der Waals surface area (Å²) in [6.45, 7) is 0.806. The number of carbonyl (C=O) groups is 1. The molecule has 1 fully saturated rings. The van der Waals surface area contributed by atoms with E-state index in [2.05, 4.69) is 16.4 Å². The van der Waals surface area contributed by atoms with Crippen LogP contribution >= 0.6 is 11.3 Å². The molecule has 1 aliphatic rings. The number of nitrogens with one attached hydrogen (secondary N) is 1. The van der Waals surface area contributed by atoms with Crippen molar-refractivity contribution in [2.75, 3.05) is 6.54 Å². The van der Waals surface area contributed by atoms with Gasteiger partial charge >= 0.3 is 0 Å². The number of piperidine rings is 1. The van der Waals surface area contributed by atoms with Crippen LogP contribution in [0.4, 0.5) is 0 Å². The number of aromatic nitrogens is 1. The Morgan fingerprint density at radius 2 is 2.25 bits per heavy atom. The van der Waals surface area contributed by atoms with E-state index >= 15 is 0 Å². The number of nitrogens with zero attached hydrogens (tertiary/aromatic N) is 1. The van der Waals surface area contributed by atoms with Gasteiger partial charge in [0.25, 0.3) is 0 Å². The molecule has 2 aromatic rings. The van der Waals surface area contributed by atoms with Crippen LogP contribution in [0.5, 0.6) is 0 Å². The van der Waals surface area contributed by atoms with Crippen LogP contribution in [0.15, 0.2) is 24.3 Å². The molecule has 1 aromatic heterocycles. The van der Waals surface area contributed by atoms with Gasteiger partial charge in [-0.1, -0.05) is 12.1 Å². The van der Waals surface area contributed by atoms with E-state index in [9.17, 15) is 4.79 Å². The average molecular weight is 232 g/mol. The summed E-state index contributed by atoms with van der Waals surface area (Å²) in [7, 11) is 0. The minimum Gasteiger partial charge on any atom is -0.355 e. The summed E-state index contributed by atoms with van der Waals surface area (Å²) in [5, 5.41) is 3.86. The molecule has 3 rings (SSSR count). The van der Waals surface area contributed by atoms with Crippen molar-refractivity contribution in [3.8, 4) is 0 Å². The maximum atomic E-state index is 11.7. The number of amides is 1. The lowest BCUT2D eigenvalue weighted by Crippen LogP contribution is -2.34. The van der Waals surface area contributed by atoms with Crippen LogP contribution in [0, 0.1) is 0 Å². The standard InChI is InChI=1S/C12H12N2OS/c15-11-8(4-3-7-13-11)12-14-9-5-1-2-6-10(9)16-12/h1-2,5-6,8H,3-4,7H2,(H,13,15). The fourth-order valence-electron chi connectivity index (χ4n) is 2.05. The van der Waals surface area contributed by atoms with E-state index in [0.29, 0.717) is 0 Å². The maximum Gasteiger partial charge on any atom is 0.230 e. The molecule has 16 heavy (non-hydrogen) atoms. The molecule has 0 saturated carbocycles. The number of rotatable bonds is 1. The Kier molecular flexibility index (Phi) is 2.36. The molecule has 0 aliphatic carbocycles. The Hall–Kier alpha value is -1.42. The summed E-state index contributed by atoms with van der Waals surface area (Å²) in [5.41, 5.74) is 1.00. The molecule has 1 saturated heterocycles. The third-order valence-electron chi connectivity index (χ3n) is 2.89. The molecule has 1 amide bonds. The molecule has 1 N–H and O–H groups in total. The summed E-state index contributed by atoms with van der Waals surface area (Å²) in [6.07, 6.45) is 1.97. The zero-order valence-electron chi connectivity index (χ0n) is 8.77. The third-order valence-corrected chi connectivity index (χ3v) is 4.04. The topological polar surface area (TPSA) is 42.0 Å². The van der Waals surface area contributed by atoms with Crippen molar-refractivity contribution in [1.29, 1.82) is 0 Å². The molecule has 82 valence electrons. The summed E-state index contributed by atoms with van der Waals surface area (Å²) >= 11 is 1.64. The van der Waals surface area contributed by atoms with Crippen LogP contribution in [0.25, 0.3) is 10.2 Å². The molecule has 1 aliphatic heterocycles. The van der Waals surface area contributed by atoms with Crippen molar-refractivity contribution >= 4 is 27.5 Å². The molecule has 0 spiro atoms. The van der Waals surface area contributed by atoms with Gasteiger partial charge in [0.2, 0.25) is 5.91 Å². The van der Waals surface area contributed by atoms with Crippen LogP contribution in [0.3, 0.4) is 0 Å². The van der Waals surface area contributed by atoms with Crippen molar-refractivity contribution < 1.29 is 4.79 Å². The Morgan fingerprint density at radius 3 is 3.06 bits per heavy atom. The monoisotopic (exact) mass is 232 g/mol. The third kappa shape index (κ3) is 1.59. The fourth-order valence-corrected chi connectivity index (χ4v) is 3.15. The number of para-hydroxylation sites is 1. The van der Waals surface area contributed by atoms with Gasteiger partial charge in [0.1, 0.15) is 5.01 Å². The van der Waals surface area contributed by atoms with E-state index in [1.165, 1.54) is 0 Å². The fraction of sp³-hybridized carbons (Fsp3) is 0.333. The van der Waals surface area contributed by atoms with E-state index < -0.39 is 0 Å². The SMILES string of the molecule is O=C1NCCCC1c1nc2ccccc2s1. The molecule has 4 heteroatoms. The van der Waals surface area contributed by atoms with Crippen molar-refractivity contribution in [3.63, 3.8) is 0 Å². The highest BCUT2D eigenvalue weighted by Gasteiger charge is 2.26. The van der Waals surface area contributed by atoms with Gasteiger partial charge in [-0.2, -0.15) is 0 Å². The van der Waals surface area contributed by atoms with Gasteiger partial charge in [0, 0.05) is 6.54 Å². The first-order valence-corrected chi connectivity index (χ1v) is 6.29. The molecular weight excluding hydrogens is 220 g/mol. The molecule has 1 unspecified atom stereocenters. The van der Waals surface area contributed by atoms with Crippen molar-refractivity contribution in [2.24, 2.45) is 0 Å². The number of benzene rings is 1. The largest absolute Gasteiger partial charge is 0.355 e. The van der Waals surface area contributed by atoms with Crippen molar-refractivity contribution in [2.45, 2.75) is 18.8 Å². The lowest BCUT2D eigenvalue weighted by atomic mass is 10.00. The summed E-state index contributed by atoms with van der Waals surface area (Å²) in [6, 6.07) is 8.03. The van der Waals surface area contributed by atoms with Crippen LogP contribution in [-0.2, 0) is 4.79 Å². The minimum absolute atomic E-state index is 0.0360. The quantitative estimate of drug-likeness (QED) is 0.819. The van der Waals surface area contributed by atoms with Gasteiger partial charge in [-0.05, 0) is 25.0 Å². The van der Waals surface area contributed by atoms with Gasteiger partial charge in [0.05, 0.1) is 16.1 Å². The highest BCUT2D eigenvalue weighted by Crippen LogP contribution is 2.31. The zero-order valence-corrected chi connectivity index (χ0v) is 9.59. The Bertz CT molecular complexity index is 502. The second-order valence-electron chi connectivity index (χ2n) is 4.01. The zero-order chi connectivity index (χ0) is 11.0. The van der Waals surface area contributed by atoms with Crippen LogP contribution in [0.2, 0.25) is 0 Å². The minimum atomic E-state index is -0.0360. The van der Waals surface area contributed by atoms with E-state index in [1.807, 2.05) is 18.2 Å².